The largest absolute Gasteiger partial charge is 0.481 e. The van der Waals surface area contributed by atoms with Crippen molar-refractivity contribution in [2.75, 3.05) is 0 Å². The van der Waals surface area contributed by atoms with Gasteiger partial charge in [-0.2, -0.15) is 0 Å². The Hall–Kier alpha value is -0.910. The number of ether oxygens (including phenoxy) is 1. The van der Waals surface area contributed by atoms with E-state index in [0.29, 0.717) is 24.7 Å². The summed E-state index contributed by atoms with van der Waals surface area (Å²) in [7, 11) is 0. The average molecular weight is 491 g/mol. The van der Waals surface area contributed by atoms with Crippen LogP contribution in [0, 0.1) is 39.9 Å². The Labute approximate surface area is 212 Å². The summed E-state index contributed by atoms with van der Waals surface area (Å²) in [6.45, 7) is 19.3. The summed E-state index contributed by atoms with van der Waals surface area (Å²) in [4.78, 5) is 11.6. The number of aliphatic hydroxyl groups is 2. The van der Waals surface area contributed by atoms with Crippen LogP contribution in [0.15, 0.2) is 12.2 Å². The molecule has 0 aromatic rings. The molecule has 3 saturated carbocycles. The normalized spacial score (nSPS) is 50.0. The summed E-state index contributed by atoms with van der Waals surface area (Å²) in [6.07, 6.45) is 6.99. The van der Waals surface area contributed by atoms with Gasteiger partial charge in [0.25, 0.3) is 0 Å². The Balaban J connectivity index is 1.69. The number of carboxylic acids is 1. The van der Waals surface area contributed by atoms with E-state index in [0.717, 1.165) is 44.1 Å². The van der Waals surface area contributed by atoms with E-state index in [1.165, 1.54) is 0 Å². The van der Waals surface area contributed by atoms with Gasteiger partial charge < -0.3 is 20.1 Å². The fourth-order valence-electron chi connectivity index (χ4n) is 9.98. The third-order valence-electron chi connectivity index (χ3n) is 12.1. The van der Waals surface area contributed by atoms with Gasteiger partial charge in [0.2, 0.25) is 0 Å². The second-order valence-electron chi connectivity index (χ2n) is 14.2. The molecule has 200 valence electrons. The van der Waals surface area contributed by atoms with Gasteiger partial charge in [-0.15, -0.1) is 0 Å². The Morgan fingerprint density at radius 3 is 2.26 bits per heavy atom. The van der Waals surface area contributed by atoms with Crippen LogP contribution in [0.1, 0.15) is 106 Å². The first kappa shape index (κ1) is 27.1. The summed E-state index contributed by atoms with van der Waals surface area (Å²) >= 11 is 0. The molecule has 1 heterocycles. The molecular weight excluding hydrogens is 440 g/mol. The molecule has 0 unspecified atom stereocenters. The van der Waals surface area contributed by atoms with Crippen LogP contribution in [-0.2, 0) is 9.53 Å². The summed E-state index contributed by atoms with van der Waals surface area (Å²) in [5.41, 5.74) is -0.530. The van der Waals surface area contributed by atoms with E-state index in [-0.39, 0.29) is 46.2 Å². The van der Waals surface area contributed by atoms with Gasteiger partial charge in [0, 0.05) is 11.8 Å². The lowest BCUT2D eigenvalue weighted by Crippen LogP contribution is -2.65. The highest BCUT2D eigenvalue weighted by Crippen LogP contribution is 2.74. The molecule has 0 aromatic carbocycles. The highest BCUT2D eigenvalue weighted by Gasteiger charge is 2.70. The maximum atomic E-state index is 11.8. The molecule has 10 atom stereocenters. The quantitative estimate of drug-likeness (QED) is 0.399. The molecule has 1 aliphatic heterocycles. The van der Waals surface area contributed by atoms with Gasteiger partial charge >= 0.3 is 5.97 Å². The second-order valence-corrected chi connectivity index (χ2v) is 14.2. The average Bonchev–Trinajstić information content (AvgIpc) is 3.32. The van der Waals surface area contributed by atoms with Gasteiger partial charge in [0.05, 0.1) is 23.4 Å². The lowest BCUT2D eigenvalue weighted by molar-refractivity contribution is -0.231. The molecule has 0 spiro atoms. The van der Waals surface area contributed by atoms with Gasteiger partial charge in [-0.1, -0.05) is 32.9 Å². The van der Waals surface area contributed by atoms with Crippen LogP contribution in [0.2, 0.25) is 0 Å². The van der Waals surface area contributed by atoms with Crippen molar-refractivity contribution < 1.29 is 24.9 Å². The Kier molecular flexibility index (Phi) is 6.64. The maximum absolute atomic E-state index is 11.8. The molecule has 5 heteroatoms. The number of allylic oxidation sites excluding steroid dienone is 1. The minimum atomic E-state index is -0.841. The van der Waals surface area contributed by atoms with Gasteiger partial charge in [-0.25, -0.2) is 0 Å². The number of aliphatic hydroxyl groups excluding tert-OH is 1. The Morgan fingerprint density at radius 2 is 1.71 bits per heavy atom. The molecule has 1 saturated heterocycles. The first-order valence-electron chi connectivity index (χ1n) is 14.0. The standard InChI is InChI=1S/C30H50O5/c1-18(2)21-17-23(31)30(8)22(27(21,5)14-13-25(32)33)10-9-19-20(11-15-28(19,30)6)29(7)16-12-24(35-29)26(3,4)34/h19-24,31,34H,1,9-17H2,2-8H3,(H,32,33)/t19-,20+,21+,22-,23+,24+,27+,28-,29+,30+/m1/s1. The van der Waals surface area contributed by atoms with Crippen molar-refractivity contribution in [2.24, 2.45) is 39.9 Å². The van der Waals surface area contributed by atoms with Crippen LogP contribution in [0.25, 0.3) is 0 Å². The molecule has 3 aliphatic carbocycles. The van der Waals surface area contributed by atoms with Crippen molar-refractivity contribution >= 4 is 5.97 Å². The highest BCUT2D eigenvalue weighted by molar-refractivity contribution is 5.66. The summed E-state index contributed by atoms with van der Waals surface area (Å²) in [5, 5.41) is 32.0. The van der Waals surface area contributed by atoms with Gasteiger partial charge in [-0.05, 0) is 114 Å². The van der Waals surface area contributed by atoms with Crippen LogP contribution in [0.5, 0.6) is 0 Å². The topological polar surface area (TPSA) is 87.0 Å². The van der Waals surface area contributed by atoms with Crippen LogP contribution in [0.3, 0.4) is 0 Å². The predicted octanol–water partition coefficient (Wildman–Crippen LogP) is 5.97. The first-order valence-corrected chi connectivity index (χ1v) is 14.0. The Morgan fingerprint density at radius 1 is 1.06 bits per heavy atom. The molecule has 4 aliphatic rings. The van der Waals surface area contributed by atoms with Crippen molar-refractivity contribution in [1.29, 1.82) is 0 Å². The zero-order chi connectivity index (χ0) is 26.2. The van der Waals surface area contributed by atoms with E-state index >= 15 is 0 Å². The third-order valence-corrected chi connectivity index (χ3v) is 12.1. The lowest BCUT2D eigenvalue weighted by atomic mass is 9.37. The van der Waals surface area contributed by atoms with E-state index in [9.17, 15) is 20.1 Å². The molecule has 4 rings (SSSR count). The van der Waals surface area contributed by atoms with Crippen molar-refractivity contribution in [1.82, 2.24) is 0 Å². The first-order chi connectivity index (χ1) is 16.0. The molecule has 35 heavy (non-hydrogen) atoms. The number of carboxylic acid groups (broad SMARTS) is 1. The van der Waals surface area contributed by atoms with Gasteiger partial charge in [0.1, 0.15) is 0 Å². The maximum Gasteiger partial charge on any atom is 0.303 e. The van der Waals surface area contributed by atoms with E-state index < -0.39 is 17.7 Å². The number of hydrogen-bond acceptors (Lipinski definition) is 4. The smallest absolute Gasteiger partial charge is 0.303 e. The summed E-state index contributed by atoms with van der Waals surface area (Å²) < 4.78 is 6.65. The zero-order valence-electron chi connectivity index (χ0n) is 23.2. The summed E-state index contributed by atoms with van der Waals surface area (Å²) in [6, 6.07) is 0. The fourth-order valence-corrected chi connectivity index (χ4v) is 9.98. The minimum Gasteiger partial charge on any atom is -0.481 e. The van der Waals surface area contributed by atoms with Gasteiger partial charge in [0.15, 0.2) is 0 Å². The van der Waals surface area contributed by atoms with Crippen molar-refractivity contribution in [3.63, 3.8) is 0 Å². The van der Waals surface area contributed by atoms with Crippen molar-refractivity contribution in [3.05, 3.63) is 12.2 Å². The molecule has 0 radical (unpaired) electrons. The highest BCUT2D eigenvalue weighted by atomic mass is 16.5. The third kappa shape index (κ3) is 3.94. The predicted molar refractivity (Wildman–Crippen MR) is 138 cm³/mol. The fraction of sp³-hybridized carbons (Fsp3) is 0.900. The number of hydrogen-bond donors (Lipinski definition) is 3. The number of carbonyl (C=O) groups is 1. The van der Waals surface area contributed by atoms with Gasteiger partial charge in [-0.3, -0.25) is 4.79 Å². The molecule has 4 fully saturated rings. The zero-order valence-corrected chi connectivity index (χ0v) is 23.2. The van der Waals surface area contributed by atoms with Crippen LogP contribution < -0.4 is 0 Å². The van der Waals surface area contributed by atoms with Crippen LogP contribution >= 0.6 is 0 Å². The molecule has 5 nitrogen and oxygen atoms in total. The van der Waals surface area contributed by atoms with E-state index in [1.54, 1.807) is 0 Å². The second kappa shape index (κ2) is 8.56. The van der Waals surface area contributed by atoms with E-state index in [1.807, 2.05) is 13.8 Å². The lowest BCUT2D eigenvalue weighted by Gasteiger charge is -2.68. The van der Waals surface area contributed by atoms with Crippen LogP contribution in [-0.4, -0.2) is 44.7 Å². The SMILES string of the molecule is C=C(C)[C@@H]1C[C@H](O)[C@]2(C)[C@H](CC[C@@H]3[C@@H]([C@]4(C)CC[C@@H](C(C)(C)O)O4)CC[C@]32C)[C@@]1(C)CCC(=O)O. The number of fused-ring (bicyclic) bond motifs is 3. The molecule has 0 aromatic heterocycles. The van der Waals surface area contributed by atoms with Crippen LogP contribution in [0.4, 0.5) is 0 Å². The summed E-state index contributed by atoms with van der Waals surface area (Å²) in [5.74, 6) is 0.507. The molecule has 0 amide bonds. The number of aliphatic carboxylic acids is 1. The van der Waals surface area contributed by atoms with E-state index in [2.05, 4.69) is 41.2 Å². The monoisotopic (exact) mass is 490 g/mol. The molecular formula is C30H50O5. The van der Waals surface area contributed by atoms with E-state index in [4.69, 9.17) is 4.74 Å². The van der Waals surface area contributed by atoms with Crippen molar-refractivity contribution in [3.8, 4) is 0 Å². The molecule has 3 N–H and O–H groups in total. The molecule has 0 bridgehead atoms. The Bertz CT molecular complexity index is 861. The number of rotatable bonds is 6. The van der Waals surface area contributed by atoms with Crippen molar-refractivity contribution in [2.45, 2.75) is 130 Å². The minimum absolute atomic E-state index is 0.0380.